The lowest BCUT2D eigenvalue weighted by atomic mass is 10.1. The molecular formula is C11H15N3O. The second kappa shape index (κ2) is 3.90. The maximum atomic E-state index is 5.76. The molecule has 1 unspecified atom stereocenters. The fourth-order valence-corrected chi connectivity index (χ4v) is 1.65. The summed E-state index contributed by atoms with van der Waals surface area (Å²) in [4.78, 5) is 0. The molecule has 0 saturated carbocycles. The van der Waals surface area contributed by atoms with E-state index in [2.05, 4.69) is 10.2 Å². The predicted octanol–water partition coefficient (Wildman–Crippen LogP) is 1.46. The maximum Gasteiger partial charge on any atom is 0.121 e. The van der Waals surface area contributed by atoms with Gasteiger partial charge in [-0.1, -0.05) is 0 Å². The zero-order valence-electron chi connectivity index (χ0n) is 8.95. The van der Waals surface area contributed by atoms with Crippen LogP contribution in [-0.2, 0) is 6.42 Å². The molecule has 0 saturated heterocycles. The molecule has 4 heteroatoms. The Kier molecular flexibility index (Phi) is 2.60. The Balaban J connectivity index is 2.43. The van der Waals surface area contributed by atoms with E-state index in [9.17, 15) is 0 Å². The highest BCUT2D eigenvalue weighted by molar-refractivity contribution is 5.82. The molecule has 0 radical (unpaired) electrons. The van der Waals surface area contributed by atoms with Crippen LogP contribution in [0.3, 0.4) is 0 Å². The number of nitrogens with one attached hydrogen (secondary N) is 1. The molecule has 1 heterocycles. The summed E-state index contributed by atoms with van der Waals surface area (Å²) in [5, 5.41) is 8.35. The minimum atomic E-state index is 0.135. The molecule has 0 aliphatic rings. The summed E-state index contributed by atoms with van der Waals surface area (Å²) in [6.07, 6.45) is 0.808. The van der Waals surface area contributed by atoms with Gasteiger partial charge in [-0.15, -0.1) is 0 Å². The van der Waals surface area contributed by atoms with Gasteiger partial charge in [0.05, 0.1) is 12.6 Å². The summed E-state index contributed by atoms with van der Waals surface area (Å²) in [6, 6.07) is 5.99. The van der Waals surface area contributed by atoms with Crippen LogP contribution in [0.25, 0.3) is 10.9 Å². The third kappa shape index (κ3) is 1.94. The van der Waals surface area contributed by atoms with Crippen molar-refractivity contribution in [1.29, 1.82) is 0 Å². The number of hydrogen-bond donors (Lipinski definition) is 2. The summed E-state index contributed by atoms with van der Waals surface area (Å²) in [7, 11) is 1.65. The van der Waals surface area contributed by atoms with Crippen LogP contribution in [0.4, 0.5) is 0 Å². The number of aromatic amines is 1. The van der Waals surface area contributed by atoms with E-state index < -0.39 is 0 Å². The third-order valence-electron chi connectivity index (χ3n) is 2.37. The van der Waals surface area contributed by atoms with Crippen molar-refractivity contribution in [3.05, 3.63) is 23.9 Å². The second-order valence-corrected chi connectivity index (χ2v) is 3.77. The normalized spacial score (nSPS) is 13.0. The molecule has 0 aliphatic carbocycles. The summed E-state index contributed by atoms with van der Waals surface area (Å²) in [5.74, 6) is 0.821. The number of hydrogen-bond acceptors (Lipinski definition) is 3. The zero-order valence-corrected chi connectivity index (χ0v) is 8.95. The first-order valence-corrected chi connectivity index (χ1v) is 4.97. The smallest absolute Gasteiger partial charge is 0.121 e. The maximum absolute atomic E-state index is 5.76. The fourth-order valence-electron chi connectivity index (χ4n) is 1.65. The number of ether oxygens (including phenoxy) is 1. The molecule has 0 bridgehead atoms. The first-order chi connectivity index (χ1) is 7.20. The van der Waals surface area contributed by atoms with Crippen molar-refractivity contribution >= 4 is 10.9 Å². The molecule has 1 aromatic heterocycles. The lowest BCUT2D eigenvalue weighted by molar-refractivity contribution is 0.415. The molecule has 4 nitrogen and oxygen atoms in total. The Bertz CT molecular complexity index is 462. The van der Waals surface area contributed by atoms with E-state index in [1.807, 2.05) is 25.1 Å². The van der Waals surface area contributed by atoms with E-state index in [4.69, 9.17) is 10.5 Å². The van der Waals surface area contributed by atoms with E-state index in [1.165, 1.54) is 0 Å². The molecule has 0 spiro atoms. The van der Waals surface area contributed by atoms with Crippen molar-refractivity contribution in [3.8, 4) is 5.75 Å². The summed E-state index contributed by atoms with van der Waals surface area (Å²) in [6.45, 7) is 1.98. The van der Waals surface area contributed by atoms with Crippen LogP contribution in [0.1, 0.15) is 12.6 Å². The second-order valence-electron chi connectivity index (χ2n) is 3.77. The average molecular weight is 205 g/mol. The van der Waals surface area contributed by atoms with E-state index >= 15 is 0 Å². The average Bonchev–Trinajstić information content (AvgIpc) is 2.60. The lowest BCUT2D eigenvalue weighted by Gasteiger charge is -2.02. The molecule has 3 N–H and O–H groups in total. The number of nitrogens with zero attached hydrogens (tertiary/aromatic N) is 1. The highest BCUT2D eigenvalue weighted by atomic mass is 16.5. The molecular weight excluding hydrogens is 190 g/mol. The zero-order chi connectivity index (χ0) is 10.8. The van der Waals surface area contributed by atoms with Gasteiger partial charge in [0.2, 0.25) is 0 Å². The van der Waals surface area contributed by atoms with Gasteiger partial charge in [-0.05, 0) is 19.1 Å². The Morgan fingerprint density at radius 1 is 1.53 bits per heavy atom. The largest absolute Gasteiger partial charge is 0.497 e. The molecule has 0 amide bonds. The summed E-state index contributed by atoms with van der Waals surface area (Å²) in [5.41, 5.74) is 7.77. The number of aromatic nitrogens is 2. The van der Waals surface area contributed by atoms with Gasteiger partial charge in [-0.25, -0.2) is 0 Å². The molecule has 0 aliphatic heterocycles. The Hall–Kier alpha value is -1.55. The molecule has 80 valence electrons. The van der Waals surface area contributed by atoms with Crippen LogP contribution in [-0.4, -0.2) is 23.3 Å². The van der Waals surface area contributed by atoms with Crippen molar-refractivity contribution in [1.82, 2.24) is 10.2 Å². The van der Waals surface area contributed by atoms with Crippen molar-refractivity contribution in [3.63, 3.8) is 0 Å². The van der Waals surface area contributed by atoms with E-state index in [-0.39, 0.29) is 6.04 Å². The molecule has 0 fully saturated rings. The Morgan fingerprint density at radius 2 is 2.33 bits per heavy atom. The fraction of sp³-hybridized carbons (Fsp3) is 0.364. The van der Waals surface area contributed by atoms with Crippen molar-refractivity contribution in [2.75, 3.05) is 7.11 Å². The molecule has 1 atom stereocenters. The highest BCUT2D eigenvalue weighted by Gasteiger charge is 2.07. The first kappa shape index (κ1) is 9.98. The van der Waals surface area contributed by atoms with Crippen LogP contribution < -0.4 is 10.5 Å². The Morgan fingerprint density at radius 3 is 3.00 bits per heavy atom. The van der Waals surface area contributed by atoms with Gasteiger partial charge in [0.15, 0.2) is 0 Å². The molecule has 2 aromatic rings. The first-order valence-electron chi connectivity index (χ1n) is 4.97. The summed E-state index contributed by atoms with van der Waals surface area (Å²) >= 11 is 0. The number of benzene rings is 1. The van der Waals surface area contributed by atoms with Crippen LogP contribution in [0.5, 0.6) is 5.75 Å². The standard InChI is InChI=1S/C11H15N3O/c1-7(12)5-10-9-4-3-8(15-2)6-11(9)14-13-10/h3-4,6-7H,5,12H2,1-2H3,(H,13,14). The highest BCUT2D eigenvalue weighted by Crippen LogP contribution is 2.21. The van der Waals surface area contributed by atoms with E-state index in [0.717, 1.165) is 28.8 Å². The SMILES string of the molecule is COc1ccc2c(CC(C)N)[nH]nc2c1. The van der Waals surface area contributed by atoms with Crippen LogP contribution >= 0.6 is 0 Å². The van der Waals surface area contributed by atoms with Gasteiger partial charge in [0.1, 0.15) is 5.75 Å². The van der Waals surface area contributed by atoms with Crippen LogP contribution in [0.15, 0.2) is 18.2 Å². The van der Waals surface area contributed by atoms with Crippen LogP contribution in [0.2, 0.25) is 0 Å². The minimum absolute atomic E-state index is 0.135. The summed E-state index contributed by atoms with van der Waals surface area (Å²) < 4.78 is 5.13. The molecule has 2 rings (SSSR count). The lowest BCUT2D eigenvalue weighted by Crippen LogP contribution is -2.18. The number of fused-ring (bicyclic) bond motifs is 1. The number of H-pyrrole nitrogens is 1. The van der Waals surface area contributed by atoms with Gasteiger partial charge < -0.3 is 10.5 Å². The monoisotopic (exact) mass is 205 g/mol. The Labute approximate surface area is 88.4 Å². The van der Waals surface area contributed by atoms with E-state index in [0.29, 0.717) is 0 Å². The quantitative estimate of drug-likeness (QED) is 0.797. The van der Waals surface area contributed by atoms with Crippen molar-refractivity contribution in [2.24, 2.45) is 5.73 Å². The molecule has 15 heavy (non-hydrogen) atoms. The van der Waals surface area contributed by atoms with Gasteiger partial charge in [0.25, 0.3) is 0 Å². The van der Waals surface area contributed by atoms with Crippen molar-refractivity contribution < 1.29 is 4.74 Å². The van der Waals surface area contributed by atoms with Crippen molar-refractivity contribution in [2.45, 2.75) is 19.4 Å². The number of methoxy groups -OCH3 is 1. The van der Waals surface area contributed by atoms with Gasteiger partial charge in [0, 0.05) is 29.6 Å². The predicted molar refractivity (Wildman–Crippen MR) is 60.0 cm³/mol. The van der Waals surface area contributed by atoms with Gasteiger partial charge >= 0.3 is 0 Å². The number of nitrogens with two attached hydrogens (primary N) is 1. The van der Waals surface area contributed by atoms with E-state index in [1.54, 1.807) is 7.11 Å². The third-order valence-corrected chi connectivity index (χ3v) is 2.37. The number of rotatable bonds is 3. The molecule has 1 aromatic carbocycles. The van der Waals surface area contributed by atoms with Gasteiger partial charge in [-0.2, -0.15) is 5.10 Å². The van der Waals surface area contributed by atoms with Crippen LogP contribution in [0, 0.1) is 0 Å². The topological polar surface area (TPSA) is 63.9 Å². The van der Waals surface area contributed by atoms with Gasteiger partial charge in [-0.3, -0.25) is 5.10 Å². The minimum Gasteiger partial charge on any atom is -0.497 e.